The van der Waals surface area contributed by atoms with E-state index in [2.05, 4.69) is 0 Å². The normalized spacial score (nSPS) is 16.5. The van der Waals surface area contributed by atoms with Crippen molar-refractivity contribution in [3.8, 4) is 5.75 Å². The molecule has 0 aromatic heterocycles. The highest BCUT2D eigenvalue weighted by Gasteiger charge is 2.36. The topological polar surface area (TPSA) is 66.8 Å². The Labute approximate surface area is 219 Å². The minimum absolute atomic E-state index is 0.0674. The molecule has 1 amide bonds. The quantitative estimate of drug-likeness (QED) is 0.350. The predicted molar refractivity (Wildman–Crippen MR) is 138 cm³/mol. The zero-order valence-electron chi connectivity index (χ0n) is 19.1. The number of carboxylic acids is 1. The Morgan fingerprint density at radius 1 is 1.00 bits per heavy atom. The number of carbonyl (C=O) groups is 2. The fourth-order valence-corrected chi connectivity index (χ4v) is 4.92. The maximum Gasteiger partial charge on any atom is 0.305 e. The number of rotatable bonds is 8. The summed E-state index contributed by atoms with van der Waals surface area (Å²) in [5.74, 6) is -0.523. The number of amides is 1. The van der Waals surface area contributed by atoms with Crippen LogP contribution >= 0.6 is 34.8 Å². The van der Waals surface area contributed by atoms with Gasteiger partial charge in [-0.3, -0.25) is 9.59 Å². The van der Waals surface area contributed by atoms with Gasteiger partial charge in [-0.25, -0.2) is 0 Å². The lowest BCUT2D eigenvalue weighted by molar-refractivity contribution is -0.137. The number of carboxylic acid groups (broad SMARTS) is 1. The number of hydrogen-bond donors (Lipinski definition) is 1. The van der Waals surface area contributed by atoms with Crippen molar-refractivity contribution in [2.45, 2.75) is 38.3 Å². The van der Waals surface area contributed by atoms with Gasteiger partial charge in [0.05, 0.1) is 16.5 Å². The van der Waals surface area contributed by atoms with Gasteiger partial charge in [-0.1, -0.05) is 65.1 Å². The summed E-state index contributed by atoms with van der Waals surface area (Å²) < 4.78 is 6.26. The van der Waals surface area contributed by atoms with Crippen LogP contribution in [0.4, 0.5) is 0 Å². The molecule has 0 saturated heterocycles. The van der Waals surface area contributed by atoms with Crippen molar-refractivity contribution in [3.63, 3.8) is 0 Å². The summed E-state index contributed by atoms with van der Waals surface area (Å²) in [6.07, 6.45) is 0.982. The number of benzene rings is 3. The van der Waals surface area contributed by atoms with Gasteiger partial charge in [0, 0.05) is 36.5 Å². The first kappa shape index (κ1) is 25.4. The van der Waals surface area contributed by atoms with Gasteiger partial charge < -0.3 is 14.7 Å². The molecule has 0 aliphatic carbocycles. The Morgan fingerprint density at radius 3 is 2.46 bits per heavy atom. The van der Waals surface area contributed by atoms with E-state index in [9.17, 15) is 14.7 Å². The Kier molecular flexibility index (Phi) is 7.60. The second-order valence-corrected chi connectivity index (χ2v) is 10.1. The molecule has 1 aliphatic heterocycles. The van der Waals surface area contributed by atoms with Gasteiger partial charge >= 0.3 is 5.97 Å². The molecule has 5 nitrogen and oxygen atoms in total. The molecule has 1 heterocycles. The number of hydrogen-bond acceptors (Lipinski definition) is 3. The molecular formula is C27H24Cl3NO4. The maximum absolute atomic E-state index is 13.4. The number of aliphatic carboxylic acids is 1. The predicted octanol–water partition coefficient (Wildman–Crippen LogP) is 6.70. The van der Waals surface area contributed by atoms with Crippen LogP contribution in [0, 0.1) is 0 Å². The third kappa shape index (κ3) is 5.92. The van der Waals surface area contributed by atoms with Gasteiger partial charge in [0.15, 0.2) is 0 Å². The zero-order chi connectivity index (χ0) is 25.2. The van der Waals surface area contributed by atoms with Gasteiger partial charge in [-0.05, 0) is 53.9 Å². The van der Waals surface area contributed by atoms with Crippen LogP contribution in [-0.2, 0) is 24.2 Å². The first-order chi connectivity index (χ1) is 16.6. The minimum atomic E-state index is -0.972. The van der Waals surface area contributed by atoms with Gasteiger partial charge in [0.1, 0.15) is 11.4 Å². The Balaban J connectivity index is 1.55. The first-order valence-corrected chi connectivity index (χ1v) is 12.3. The molecule has 1 N–H and O–H groups in total. The highest BCUT2D eigenvalue weighted by molar-refractivity contribution is 6.42. The van der Waals surface area contributed by atoms with Crippen molar-refractivity contribution >= 4 is 46.7 Å². The molecule has 4 rings (SSSR count). The molecular weight excluding hydrogens is 509 g/mol. The number of ether oxygens (including phenoxy) is 1. The first-order valence-electron chi connectivity index (χ1n) is 11.1. The highest BCUT2D eigenvalue weighted by atomic mass is 35.5. The van der Waals surface area contributed by atoms with Crippen molar-refractivity contribution in [1.29, 1.82) is 0 Å². The van der Waals surface area contributed by atoms with Crippen LogP contribution in [0.15, 0.2) is 60.7 Å². The van der Waals surface area contributed by atoms with Crippen molar-refractivity contribution in [2.24, 2.45) is 0 Å². The average molecular weight is 533 g/mol. The van der Waals surface area contributed by atoms with E-state index in [0.717, 1.165) is 16.7 Å². The van der Waals surface area contributed by atoms with Gasteiger partial charge in [-0.2, -0.15) is 0 Å². The second kappa shape index (κ2) is 10.5. The fraction of sp³-hybridized carbons (Fsp3) is 0.259. The average Bonchev–Trinajstić information content (AvgIpc) is 3.15. The summed E-state index contributed by atoms with van der Waals surface area (Å²) in [6, 6.07) is 18.1. The van der Waals surface area contributed by atoms with E-state index in [-0.39, 0.29) is 25.4 Å². The third-order valence-corrected chi connectivity index (χ3v) is 7.25. The van der Waals surface area contributed by atoms with Crippen LogP contribution in [0.25, 0.3) is 0 Å². The lowest BCUT2D eigenvalue weighted by Gasteiger charge is -2.24. The second-order valence-electron chi connectivity index (χ2n) is 8.90. The highest BCUT2D eigenvalue weighted by Crippen LogP contribution is 2.39. The minimum Gasteiger partial charge on any atom is -0.487 e. The van der Waals surface area contributed by atoms with Crippen LogP contribution in [-0.4, -0.2) is 34.0 Å². The molecule has 1 aliphatic rings. The van der Waals surface area contributed by atoms with E-state index in [4.69, 9.17) is 39.5 Å². The van der Waals surface area contributed by atoms with E-state index >= 15 is 0 Å². The Bertz CT molecular complexity index is 1280. The van der Waals surface area contributed by atoms with E-state index in [1.165, 1.54) is 4.90 Å². The van der Waals surface area contributed by atoms with Gasteiger partial charge in [0.2, 0.25) is 0 Å². The molecule has 1 atom stereocenters. The summed E-state index contributed by atoms with van der Waals surface area (Å²) in [5.41, 5.74) is 2.48. The van der Waals surface area contributed by atoms with Crippen molar-refractivity contribution in [1.82, 2.24) is 4.90 Å². The standard InChI is InChI=1S/C27H24Cl3NO4/c1-27(14-18-6-4-8-22(29)25(18)30)15-20-13-17(9-10-23(20)35-27)26(34)31(12-11-24(32)33)16-19-5-2-3-7-21(19)28/h2-10,13H,11-12,14-16H2,1H3,(H,32,33). The Hall–Kier alpha value is -2.73. The smallest absolute Gasteiger partial charge is 0.305 e. The van der Waals surface area contributed by atoms with E-state index < -0.39 is 11.6 Å². The summed E-state index contributed by atoms with van der Waals surface area (Å²) in [7, 11) is 0. The SMILES string of the molecule is CC1(Cc2cccc(Cl)c2Cl)Cc2cc(C(=O)N(CCC(=O)O)Cc3ccccc3Cl)ccc2O1. The Morgan fingerprint density at radius 2 is 1.71 bits per heavy atom. The molecule has 3 aromatic carbocycles. The summed E-state index contributed by atoms with van der Waals surface area (Å²) in [6.45, 7) is 2.28. The van der Waals surface area contributed by atoms with Crippen LogP contribution in [0.2, 0.25) is 15.1 Å². The molecule has 1 unspecified atom stereocenters. The van der Waals surface area contributed by atoms with Crippen molar-refractivity contribution in [3.05, 3.63) is 98.0 Å². The molecule has 3 aromatic rings. The molecule has 0 spiro atoms. The number of halogens is 3. The monoisotopic (exact) mass is 531 g/mol. The van der Waals surface area contributed by atoms with E-state index in [1.54, 1.807) is 24.3 Å². The largest absolute Gasteiger partial charge is 0.487 e. The summed E-state index contributed by atoms with van der Waals surface area (Å²) >= 11 is 18.8. The van der Waals surface area contributed by atoms with Crippen LogP contribution in [0.3, 0.4) is 0 Å². The van der Waals surface area contributed by atoms with Crippen molar-refractivity contribution in [2.75, 3.05) is 6.54 Å². The third-order valence-electron chi connectivity index (χ3n) is 6.03. The molecule has 35 heavy (non-hydrogen) atoms. The summed E-state index contributed by atoms with van der Waals surface area (Å²) in [4.78, 5) is 26.1. The molecule has 0 bridgehead atoms. The molecule has 8 heteroatoms. The fourth-order valence-electron chi connectivity index (χ4n) is 4.34. The molecule has 0 saturated carbocycles. The summed E-state index contributed by atoms with van der Waals surface area (Å²) in [5, 5.41) is 10.7. The maximum atomic E-state index is 13.4. The lowest BCUT2D eigenvalue weighted by Crippen LogP contribution is -2.33. The number of fused-ring (bicyclic) bond motifs is 1. The number of carbonyl (C=O) groups excluding carboxylic acids is 1. The molecule has 182 valence electrons. The van der Waals surface area contributed by atoms with E-state index in [1.807, 2.05) is 43.3 Å². The van der Waals surface area contributed by atoms with Gasteiger partial charge in [-0.15, -0.1) is 0 Å². The zero-order valence-corrected chi connectivity index (χ0v) is 21.3. The van der Waals surface area contributed by atoms with Gasteiger partial charge in [0.25, 0.3) is 5.91 Å². The van der Waals surface area contributed by atoms with Crippen molar-refractivity contribution < 1.29 is 19.4 Å². The van der Waals surface area contributed by atoms with Crippen LogP contribution < -0.4 is 4.74 Å². The molecule has 0 fully saturated rings. The van der Waals surface area contributed by atoms with E-state index in [0.29, 0.717) is 39.2 Å². The number of nitrogens with zero attached hydrogens (tertiary/aromatic N) is 1. The van der Waals surface area contributed by atoms with Crippen LogP contribution in [0.5, 0.6) is 5.75 Å². The lowest BCUT2D eigenvalue weighted by atomic mass is 9.91. The van der Waals surface area contributed by atoms with Crippen LogP contribution in [0.1, 0.15) is 40.4 Å². The molecule has 0 radical (unpaired) electrons.